The number of halogens is 5. The van der Waals surface area contributed by atoms with Crippen molar-refractivity contribution in [2.75, 3.05) is 56.9 Å². The van der Waals surface area contributed by atoms with E-state index in [0.717, 1.165) is 31.9 Å². The van der Waals surface area contributed by atoms with Crippen molar-refractivity contribution in [1.29, 1.82) is 0 Å². The number of pyridine rings is 1. The fourth-order valence-corrected chi connectivity index (χ4v) is 8.69. The molecule has 14 heteroatoms. The number of aromatic nitrogens is 3. The minimum atomic E-state index is -3.77. The quantitative estimate of drug-likeness (QED) is 0.185. The van der Waals surface area contributed by atoms with Gasteiger partial charge in [0.15, 0.2) is 17.4 Å². The highest BCUT2D eigenvalue weighted by atomic mass is 19.1. The highest BCUT2D eigenvalue weighted by Gasteiger charge is 2.67. The van der Waals surface area contributed by atoms with E-state index in [0.29, 0.717) is 24.9 Å². The SMILES string of the molecule is [2H]C([2H])(F)Oc1c(F)ccc2cc(N)cc(-c3ncc4c(N5CCOC[C@H]6[C@H](F)[C@H]65)nc(OC[C@]56C/C(=C\F)CN5CCC65CC5)nc4c3F)c12. The van der Waals surface area contributed by atoms with E-state index in [1.54, 1.807) is 4.90 Å². The Bertz CT molecular complexity index is 2130. The van der Waals surface area contributed by atoms with Crippen molar-refractivity contribution in [2.45, 2.75) is 43.4 Å². The van der Waals surface area contributed by atoms with Crippen LogP contribution in [-0.2, 0) is 4.74 Å². The number of nitrogen functional groups attached to an aromatic ring is 1. The topological polar surface area (TPSA) is 98.9 Å². The molecule has 3 saturated heterocycles. The van der Waals surface area contributed by atoms with Crippen LogP contribution in [0.4, 0.5) is 33.5 Å². The lowest BCUT2D eigenvalue weighted by Gasteiger charge is -2.36. The van der Waals surface area contributed by atoms with Gasteiger partial charge in [0, 0.05) is 41.8 Å². The molecule has 3 aliphatic heterocycles. The average Bonchev–Trinajstić information content (AvgIpc) is 3.96. The molecule has 2 aromatic carbocycles. The predicted molar refractivity (Wildman–Crippen MR) is 171 cm³/mol. The Labute approximate surface area is 280 Å². The van der Waals surface area contributed by atoms with E-state index in [2.05, 4.69) is 14.9 Å². The highest BCUT2D eigenvalue weighted by molar-refractivity contribution is 6.04. The molecule has 2 aliphatic carbocycles. The van der Waals surface area contributed by atoms with Gasteiger partial charge in [0.25, 0.3) is 0 Å². The summed E-state index contributed by atoms with van der Waals surface area (Å²) in [6.45, 7) is -1.58. The fourth-order valence-electron chi connectivity index (χ4n) is 8.69. The Morgan fingerprint density at radius 2 is 2.00 bits per heavy atom. The minimum Gasteiger partial charge on any atom is -0.461 e. The van der Waals surface area contributed by atoms with Crippen LogP contribution in [-0.4, -0.2) is 83.9 Å². The molecule has 4 atom stereocenters. The van der Waals surface area contributed by atoms with E-state index in [4.69, 9.17) is 27.7 Å². The van der Waals surface area contributed by atoms with Crippen LogP contribution in [0.25, 0.3) is 32.9 Å². The van der Waals surface area contributed by atoms with Gasteiger partial charge in [-0.05, 0) is 66.8 Å². The molecule has 2 saturated carbocycles. The minimum absolute atomic E-state index is 0.0246. The highest BCUT2D eigenvalue weighted by Crippen LogP contribution is 2.66. The molecule has 0 unspecified atom stereocenters. The number of alkyl halides is 2. The van der Waals surface area contributed by atoms with E-state index in [1.807, 2.05) is 0 Å². The van der Waals surface area contributed by atoms with Crippen LogP contribution in [0.5, 0.6) is 11.8 Å². The van der Waals surface area contributed by atoms with Crippen molar-refractivity contribution >= 4 is 33.2 Å². The van der Waals surface area contributed by atoms with Crippen LogP contribution in [0.2, 0.25) is 0 Å². The van der Waals surface area contributed by atoms with Crippen molar-refractivity contribution in [1.82, 2.24) is 19.9 Å². The Morgan fingerprint density at radius 1 is 1.14 bits per heavy atom. The smallest absolute Gasteiger partial charge is 0.319 e. The number of fused-ring (bicyclic) bond motifs is 5. The summed E-state index contributed by atoms with van der Waals surface area (Å²) >= 11 is 0. The molecule has 9 nitrogen and oxygen atoms in total. The zero-order valence-electron chi connectivity index (χ0n) is 28.2. The monoisotopic (exact) mass is 682 g/mol. The standard InChI is InChI=1S/C35H33F5N6O3/c36-12-18-11-35(34(3-4-34)5-6-45(35)14-18)16-48-33-43-29-22(32(44-33)46-7-8-47-15-23-26(39)30(23)46)13-42-28(27(29)40)21-10-20(41)9-19-1-2-24(38)31(25(19)21)49-17-37/h1-2,9-10,12-13,23,26,30H,3-8,11,14-17,41H2/b18-12+/t23-,26-,30-,35-/m0/s1/i17D2. The zero-order chi connectivity index (χ0) is 35.4. The number of anilines is 2. The van der Waals surface area contributed by atoms with Gasteiger partial charge < -0.3 is 24.8 Å². The second kappa shape index (κ2) is 11.1. The second-order valence-corrected chi connectivity index (χ2v) is 13.8. The summed E-state index contributed by atoms with van der Waals surface area (Å²) in [5.74, 6) is -3.07. The Balaban J connectivity index is 1.20. The van der Waals surface area contributed by atoms with Gasteiger partial charge in [-0.3, -0.25) is 9.88 Å². The molecule has 9 rings (SSSR count). The zero-order valence-corrected chi connectivity index (χ0v) is 26.2. The number of nitrogens with zero attached hydrogens (tertiary/aromatic N) is 5. The lowest BCUT2D eigenvalue weighted by atomic mass is 9.80. The van der Waals surface area contributed by atoms with Crippen LogP contribution in [0, 0.1) is 23.0 Å². The van der Waals surface area contributed by atoms with Crippen LogP contribution in [0.3, 0.4) is 0 Å². The molecule has 5 fully saturated rings. The maximum absolute atomic E-state index is 17.1. The fraction of sp³-hybridized carbons (Fsp3) is 0.457. The second-order valence-electron chi connectivity index (χ2n) is 13.8. The molecule has 5 aliphatic rings. The Hall–Kier alpha value is -4.30. The van der Waals surface area contributed by atoms with Gasteiger partial charge >= 0.3 is 6.01 Å². The van der Waals surface area contributed by atoms with Gasteiger partial charge in [0.05, 0.1) is 36.5 Å². The van der Waals surface area contributed by atoms with Crippen LogP contribution in [0.15, 0.2) is 42.4 Å². The summed E-state index contributed by atoms with van der Waals surface area (Å²) in [6, 6.07) is 4.27. The summed E-state index contributed by atoms with van der Waals surface area (Å²) in [7, 11) is 0. The lowest BCUT2D eigenvalue weighted by Crippen LogP contribution is -2.49. The van der Waals surface area contributed by atoms with E-state index in [9.17, 15) is 8.78 Å². The first kappa shape index (κ1) is 28.5. The summed E-state index contributed by atoms with van der Waals surface area (Å²) in [5, 5.41) is 0.202. The van der Waals surface area contributed by atoms with Crippen LogP contribution < -0.4 is 20.1 Å². The molecule has 0 radical (unpaired) electrons. The maximum atomic E-state index is 17.1. The first-order chi connectivity index (χ1) is 24.4. The van der Waals surface area contributed by atoms with Gasteiger partial charge in [0.1, 0.15) is 32.5 Å². The van der Waals surface area contributed by atoms with Crippen molar-refractivity contribution < 1.29 is 38.9 Å². The van der Waals surface area contributed by atoms with Gasteiger partial charge in [0.2, 0.25) is 6.81 Å². The third-order valence-corrected chi connectivity index (χ3v) is 11.3. The van der Waals surface area contributed by atoms with Gasteiger partial charge in [-0.1, -0.05) is 6.07 Å². The number of benzene rings is 2. The molecule has 2 aromatic heterocycles. The normalized spacial score (nSPS) is 28.8. The molecular weight excluding hydrogens is 647 g/mol. The summed E-state index contributed by atoms with van der Waals surface area (Å²) < 4.78 is 107. The number of ether oxygens (including phenoxy) is 3. The summed E-state index contributed by atoms with van der Waals surface area (Å²) in [4.78, 5) is 17.6. The first-order valence-corrected chi connectivity index (χ1v) is 16.3. The number of hydrogen-bond acceptors (Lipinski definition) is 9. The molecule has 5 heterocycles. The van der Waals surface area contributed by atoms with Crippen LogP contribution in [0.1, 0.15) is 28.4 Å². The Kier molecular flexibility index (Phi) is 6.47. The van der Waals surface area contributed by atoms with Gasteiger partial charge in [-0.2, -0.15) is 9.97 Å². The van der Waals surface area contributed by atoms with Crippen molar-refractivity contribution in [2.24, 2.45) is 11.3 Å². The molecular formula is C35H33F5N6O3. The van der Waals surface area contributed by atoms with E-state index < -0.39 is 47.9 Å². The Morgan fingerprint density at radius 3 is 2.80 bits per heavy atom. The molecule has 1 spiro atoms. The number of nitrogens with two attached hydrogens (primary N) is 1. The molecule has 49 heavy (non-hydrogen) atoms. The predicted octanol–water partition coefficient (Wildman–Crippen LogP) is 6.04. The number of hydrogen-bond donors (Lipinski definition) is 1. The lowest BCUT2D eigenvalue weighted by molar-refractivity contribution is 0.0649. The molecule has 0 amide bonds. The molecule has 0 bridgehead atoms. The third kappa shape index (κ3) is 4.59. The van der Waals surface area contributed by atoms with Crippen LogP contribution >= 0.6 is 0 Å². The van der Waals surface area contributed by atoms with E-state index in [-0.39, 0.29) is 82.2 Å². The van der Waals surface area contributed by atoms with Crippen molar-refractivity contribution in [3.63, 3.8) is 0 Å². The average molecular weight is 683 g/mol. The molecule has 2 N–H and O–H groups in total. The molecule has 256 valence electrons. The molecule has 4 aromatic rings. The number of rotatable bonds is 7. The van der Waals surface area contributed by atoms with Crippen molar-refractivity contribution in [3.05, 3.63) is 54.0 Å². The van der Waals surface area contributed by atoms with Gasteiger partial charge in [-0.25, -0.2) is 22.0 Å². The summed E-state index contributed by atoms with van der Waals surface area (Å²) in [6.07, 6.45) is 4.21. The van der Waals surface area contributed by atoms with Crippen molar-refractivity contribution in [3.8, 4) is 23.0 Å². The largest absolute Gasteiger partial charge is 0.461 e. The van der Waals surface area contributed by atoms with Gasteiger partial charge in [-0.15, -0.1) is 0 Å². The van der Waals surface area contributed by atoms with E-state index >= 15 is 13.2 Å². The van der Waals surface area contributed by atoms with E-state index in [1.165, 1.54) is 24.4 Å². The summed E-state index contributed by atoms with van der Waals surface area (Å²) in [5.41, 5.74) is 5.78. The maximum Gasteiger partial charge on any atom is 0.319 e. The third-order valence-electron chi connectivity index (χ3n) is 11.3. The first-order valence-electron chi connectivity index (χ1n) is 17.3.